The summed E-state index contributed by atoms with van der Waals surface area (Å²) in [6.07, 6.45) is 4.67. The zero-order valence-corrected chi connectivity index (χ0v) is 8.97. The van der Waals surface area contributed by atoms with Crippen molar-refractivity contribution in [2.24, 2.45) is 17.3 Å². The van der Waals surface area contributed by atoms with E-state index in [1.54, 1.807) is 0 Å². The van der Waals surface area contributed by atoms with Gasteiger partial charge in [0.1, 0.15) is 5.78 Å². The molecule has 0 saturated heterocycles. The molecule has 0 spiro atoms. The molecule has 0 aromatic heterocycles. The molecule has 1 saturated carbocycles. The highest BCUT2D eigenvalue weighted by Gasteiger charge is 2.38. The van der Waals surface area contributed by atoms with Gasteiger partial charge in [0.15, 0.2) is 0 Å². The Hall–Kier alpha value is -0.590. The van der Waals surface area contributed by atoms with E-state index in [9.17, 15) is 4.79 Å². The van der Waals surface area contributed by atoms with Gasteiger partial charge in [-0.1, -0.05) is 26.8 Å². The van der Waals surface area contributed by atoms with E-state index in [0.29, 0.717) is 24.0 Å². The summed E-state index contributed by atoms with van der Waals surface area (Å²) >= 11 is 0. The smallest absolute Gasteiger partial charge is 0.136 e. The van der Waals surface area contributed by atoms with Crippen molar-refractivity contribution in [2.75, 3.05) is 0 Å². The zero-order valence-electron chi connectivity index (χ0n) is 8.97. The van der Waals surface area contributed by atoms with E-state index >= 15 is 0 Å². The second kappa shape index (κ2) is 3.65. The maximum absolute atomic E-state index is 11.6. The number of hydrogen-bond acceptors (Lipinski definition) is 1. The Bertz CT molecular complexity index is 215. The third-order valence-electron chi connectivity index (χ3n) is 3.43. The van der Waals surface area contributed by atoms with E-state index in [1.807, 2.05) is 6.08 Å². The number of carbonyl (C=O) groups excluding carboxylic acids is 1. The molecule has 1 fully saturated rings. The van der Waals surface area contributed by atoms with Crippen LogP contribution in [0.1, 0.15) is 40.0 Å². The van der Waals surface area contributed by atoms with Crippen molar-refractivity contribution in [1.82, 2.24) is 0 Å². The monoisotopic (exact) mass is 180 g/mol. The molecule has 1 nitrogen and oxygen atoms in total. The standard InChI is InChI=1S/C12H20O/c1-5-9-8-12(3,4)10(6-2)7-11(9)13/h6,9-10H,2,5,7-8H2,1,3-4H3. The summed E-state index contributed by atoms with van der Waals surface area (Å²) in [7, 11) is 0. The lowest BCUT2D eigenvalue weighted by Gasteiger charge is -2.40. The Morgan fingerprint density at radius 3 is 2.69 bits per heavy atom. The Balaban J connectivity index is 2.78. The van der Waals surface area contributed by atoms with Gasteiger partial charge >= 0.3 is 0 Å². The molecule has 1 aliphatic rings. The molecule has 0 bridgehead atoms. The number of Topliss-reactive ketones (excluding diaryl/α,β-unsaturated/α-hetero) is 1. The quantitative estimate of drug-likeness (QED) is 0.596. The van der Waals surface area contributed by atoms with Crippen LogP contribution in [0.2, 0.25) is 0 Å². The maximum atomic E-state index is 11.6. The van der Waals surface area contributed by atoms with Crippen molar-refractivity contribution in [3.63, 3.8) is 0 Å². The van der Waals surface area contributed by atoms with E-state index in [0.717, 1.165) is 12.8 Å². The molecule has 0 aromatic rings. The summed E-state index contributed by atoms with van der Waals surface area (Å²) < 4.78 is 0. The van der Waals surface area contributed by atoms with Crippen LogP contribution in [-0.2, 0) is 4.79 Å². The Kier molecular flexibility index (Phi) is 2.94. The summed E-state index contributed by atoms with van der Waals surface area (Å²) in [6, 6.07) is 0. The molecule has 1 aliphatic carbocycles. The molecule has 0 amide bonds. The minimum absolute atomic E-state index is 0.260. The van der Waals surface area contributed by atoms with Crippen molar-refractivity contribution < 1.29 is 4.79 Å². The van der Waals surface area contributed by atoms with Crippen molar-refractivity contribution in [1.29, 1.82) is 0 Å². The fourth-order valence-corrected chi connectivity index (χ4v) is 2.33. The second-order valence-electron chi connectivity index (χ2n) is 4.81. The van der Waals surface area contributed by atoms with Crippen LogP contribution in [0.3, 0.4) is 0 Å². The number of hydrogen-bond donors (Lipinski definition) is 0. The SMILES string of the molecule is C=CC1CC(=O)C(CC)CC1(C)C. The summed E-state index contributed by atoms with van der Waals surface area (Å²) in [5.41, 5.74) is 0.260. The minimum atomic E-state index is 0.260. The maximum Gasteiger partial charge on any atom is 0.136 e. The van der Waals surface area contributed by atoms with E-state index < -0.39 is 0 Å². The van der Waals surface area contributed by atoms with Crippen LogP contribution in [0.15, 0.2) is 12.7 Å². The Labute approximate surface area is 81.2 Å². The molecule has 13 heavy (non-hydrogen) atoms. The first-order chi connectivity index (χ1) is 6.01. The van der Waals surface area contributed by atoms with Crippen molar-refractivity contribution in [3.8, 4) is 0 Å². The molecule has 0 aliphatic heterocycles. The summed E-state index contributed by atoms with van der Waals surface area (Å²) in [6.45, 7) is 10.4. The lowest BCUT2D eigenvalue weighted by molar-refractivity contribution is -0.128. The van der Waals surface area contributed by atoms with Crippen LogP contribution >= 0.6 is 0 Å². The van der Waals surface area contributed by atoms with Crippen LogP contribution < -0.4 is 0 Å². The van der Waals surface area contributed by atoms with E-state index in [2.05, 4.69) is 27.4 Å². The van der Waals surface area contributed by atoms with Crippen LogP contribution in [0.4, 0.5) is 0 Å². The first-order valence-electron chi connectivity index (χ1n) is 5.16. The molecular formula is C12H20O. The van der Waals surface area contributed by atoms with Crippen LogP contribution in [-0.4, -0.2) is 5.78 Å². The van der Waals surface area contributed by atoms with Gasteiger partial charge in [-0.25, -0.2) is 0 Å². The molecule has 1 rings (SSSR count). The number of carbonyl (C=O) groups is 1. The van der Waals surface area contributed by atoms with E-state index in [-0.39, 0.29) is 5.41 Å². The fourth-order valence-electron chi connectivity index (χ4n) is 2.33. The van der Waals surface area contributed by atoms with Gasteiger partial charge in [-0.15, -0.1) is 6.58 Å². The van der Waals surface area contributed by atoms with Crippen molar-refractivity contribution >= 4 is 5.78 Å². The predicted molar refractivity (Wildman–Crippen MR) is 55.5 cm³/mol. The highest BCUT2D eigenvalue weighted by molar-refractivity contribution is 5.82. The molecule has 0 heterocycles. The van der Waals surface area contributed by atoms with Crippen LogP contribution in [0, 0.1) is 17.3 Å². The fraction of sp³-hybridized carbons (Fsp3) is 0.750. The van der Waals surface area contributed by atoms with Crippen LogP contribution in [0.25, 0.3) is 0 Å². The normalized spacial score (nSPS) is 33.0. The molecule has 2 atom stereocenters. The molecule has 0 aromatic carbocycles. The molecule has 1 heteroatoms. The second-order valence-corrected chi connectivity index (χ2v) is 4.81. The largest absolute Gasteiger partial charge is 0.299 e. The highest BCUT2D eigenvalue weighted by Crippen LogP contribution is 2.43. The summed E-state index contributed by atoms with van der Waals surface area (Å²) in [5.74, 6) is 1.11. The van der Waals surface area contributed by atoms with Gasteiger partial charge in [-0.05, 0) is 24.2 Å². The lowest BCUT2D eigenvalue weighted by atomic mass is 9.64. The van der Waals surface area contributed by atoms with Crippen LogP contribution in [0.5, 0.6) is 0 Å². The molecule has 0 radical (unpaired) electrons. The molecule has 74 valence electrons. The van der Waals surface area contributed by atoms with E-state index in [4.69, 9.17) is 0 Å². The van der Waals surface area contributed by atoms with Gasteiger partial charge in [-0.2, -0.15) is 0 Å². The average Bonchev–Trinajstić information content (AvgIpc) is 2.08. The number of rotatable bonds is 2. The predicted octanol–water partition coefficient (Wildman–Crippen LogP) is 3.20. The van der Waals surface area contributed by atoms with Gasteiger partial charge in [0, 0.05) is 12.3 Å². The third-order valence-corrected chi connectivity index (χ3v) is 3.43. The highest BCUT2D eigenvalue weighted by atomic mass is 16.1. The first kappa shape index (κ1) is 10.5. The topological polar surface area (TPSA) is 17.1 Å². The average molecular weight is 180 g/mol. The molecular weight excluding hydrogens is 160 g/mol. The van der Waals surface area contributed by atoms with Gasteiger partial charge < -0.3 is 0 Å². The Morgan fingerprint density at radius 1 is 1.62 bits per heavy atom. The van der Waals surface area contributed by atoms with Gasteiger partial charge in [-0.3, -0.25) is 4.79 Å². The minimum Gasteiger partial charge on any atom is -0.299 e. The Morgan fingerprint density at radius 2 is 2.23 bits per heavy atom. The van der Waals surface area contributed by atoms with E-state index in [1.165, 1.54) is 0 Å². The number of ketones is 1. The zero-order chi connectivity index (χ0) is 10.1. The van der Waals surface area contributed by atoms with Gasteiger partial charge in [0.05, 0.1) is 0 Å². The summed E-state index contributed by atoms with van der Waals surface area (Å²) in [4.78, 5) is 11.6. The molecule has 2 unspecified atom stereocenters. The number of allylic oxidation sites excluding steroid dienone is 1. The van der Waals surface area contributed by atoms with Gasteiger partial charge in [0.2, 0.25) is 0 Å². The summed E-state index contributed by atoms with van der Waals surface area (Å²) in [5, 5.41) is 0. The van der Waals surface area contributed by atoms with Crippen molar-refractivity contribution in [3.05, 3.63) is 12.7 Å². The third kappa shape index (κ3) is 2.01. The first-order valence-corrected chi connectivity index (χ1v) is 5.16. The van der Waals surface area contributed by atoms with Gasteiger partial charge in [0.25, 0.3) is 0 Å². The molecule has 0 N–H and O–H groups in total. The van der Waals surface area contributed by atoms with Crippen molar-refractivity contribution in [2.45, 2.75) is 40.0 Å². The lowest BCUT2D eigenvalue weighted by Crippen LogP contribution is -2.36.